The monoisotopic (exact) mass is 412 g/mol. The first-order valence-corrected chi connectivity index (χ1v) is 10.2. The average Bonchev–Trinajstić information content (AvgIpc) is 2.63. The van der Waals surface area contributed by atoms with E-state index in [0.29, 0.717) is 28.7 Å². The van der Waals surface area contributed by atoms with Crippen molar-refractivity contribution in [2.45, 2.75) is 13.0 Å². The Morgan fingerprint density at radius 3 is 2.48 bits per heavy atom. The molecule has 0 fully saturated rings. The van der Waals surface area contributed by atoms with Crippen LogP contribution >= 0.6 is 11.6 Å². The highest BCUT2D eigenvalue weighted by Gasteiger charge is 2.12. The molecule has 0 aliphatic rings. The van der Waals surface area contributed by atoms with Gasteiger partial charge in [0, 0.05) is 17.1 Å². The Bertz CT molecular complexity index is 885. The summed E-state index contributed by atoms with van der Waals surface area (Å²) in [5, 5.41) is 8.20. The highest BCUT2D eigenvalue weighted by atomic mass is 35.5. The summed E-state index contributed by atoms with van der Waals surface area (Å²) in [6.45, 7) is 0.527. The second-order valence-corrected chi connectivity index (χ2v) is 7.93. The van der Waals surface area contributed by atoms with Gasteiger partial charge in [-0.15, -0.1) is 0 Å². The average molecular weight is 413 g/mol. The molecule has 2 aromatic rings. The molecule has 7 nitrogen and oxygen atoms in total. The van der Waals surface area contributed by atoms with E-state index in [0.717, 1.165) is 5.56 Å². The molecule has 0 radical (unpaired) electrons. The van der Waals surface area contributed by atoms with Gasteiger partial charge in [0.1, 0.15) is 6.61 Å². The number of rotatable bonds is 9. The number of halogens is 1. The van der Waals surface area contributed by atoms with Crippen molar-refractivity contribution in [3.8, 4) is 11.5 Å². The number of hydrogen-bond donors (Lipinski definition) is 2. The van der Waals surface area contributed by atoms with Crippen LogP contribution in [0.15, 0.2) is 42.5 Å². The third-order valence-corrected chi connectivity index (χ3v) is 4.73. The first-order valence-electron chi connectivity index (χ1n) is 8.12. The predicted molar refractivity (Wildman–Crippen MR) is 104 cm³/mol. The molecule has 9 heteroatoms. The number of primary sulfonamides is 1. The topological polar surface area (TPSA) is 108 Å². The zero-order valence-electron chi connectivity index (χ0n) is 14.8. The zero-order chi connectivity index (χ0) is 19.9. The summed E-state index contributed by atoms with van der Waals surface area (Å²) in [4.78, 5) is 12.2. The Hall–Kier alpha value is -2.29. The quantitative estimate of drug-likeness (QED) is 0.614. The van der Waals surface area contributed by atoms with E-state index in [1.165, 1.54) is 7.11 Å². The summed E-state index contributed by atoms with van der Waals surface area (Å²) in [6.07, 6.45) is 0.240. The van der Waals surface area contributed by atoms with Crippen molar-refractivity contribution in [3.63, 3.8) is 0 Å². The molecular weight excluding hydrogens is 392 g/mol. The number of sulfonamides is 1. The number of benzene rings is 2. The fourth-order valence-corrected chi connectivity index (χ4v) is 2.92. The lowest BCUT2D eigenvalue weighted by Crippen LogP contribution is -2.27. The van der Waals surface area contributed by atoms with Crippen LogP contribution in [0.1, 0.15) is 22.3 Å². The molecule has 146 valence electrons. The minimum absolute atomic E-state index is 0.186. The van der Waals surface area contributed by atoms with Crippen molar-refractivity contribution in [1.29, 1.82) is 0 Å². The van der Waals surface area contributed by atoms with E-state index < -0.39 is 10.0 Å². The Labute approximate surface area is 163 Å². The second-order valence-electron chi connectivity index (χ2n) is 5.76. The number of carbonyl (C=O) groups is 1. The normalized spacial score (nSPS) is 11.1. The van der Waals surface area contributed by atoms with E-state index >= 15 is 0 Å². The molecule has 0 saturated carbocycles. The maximum atomic E-state index is 12.2. The highest BCUT2D eigenvalue weighted by molar-refractivity contribution is 7.89. The molecule has 0 spiro atoms. The molecule has 0 atom stereocenters. The minimum atomic E-state index is -3.53. The van der Waals surface area contributed by atoms with Crippen molar-refractivity contribution >= 4 is 27.5 Å². The highest BCUT2D eigenvalue weighted by Crippen LogP contribution is 2.29. The second kappa shape index (κ2) is 9.59. The van der Waals surface area contributed by atoms with E-state index in [2.05, 4.69) is 5.32 Å². The zero-order valence-corrected chi connectivity index (χ0v) is 16.3. The maximum absolute atomic E-state index is 12.2. The number of ether oxygens (including phenoxy) is 2. The third-order valence-electron chi connectivity index (χ3n) is 3.62. The van der Waals surface area contributed by atoms with E-state index in [1.54, 1.807) is 30.3 Å². The van der Waals surface area contributed by atoms with Gasteiger partial charge in [0.2, 0.25) is 10.0 Å². The Morgan fingerprint density at radius 2 is 1.85 bits per heavy atom. The molecule has 3 N–H and O–H groups in total. The van der Waals surface area contributed by atoms with Crippen LogP contribution < -0.4 is 19.9 Å². The smallest absolute Gasteiger partial charge is 0.251 e. The number of nitrogens with one attached hydrogen (secondary N) is 1. The first-order chi connectivity index (χ1) is 12.8. The van der Waals surface area contributed by atoms with Gasteiger partial charge in [-0.3, -0.25) is 4.79 Å². The standard InChI is InChI=1S/C18H21ClN2O5S/c1-25-17-11-14(18(22)21-9-2-10-27(20,23)24)5-8-16(17)26-12-13-3-6-15(19)7-4-13/h3-8,11H,2,9-10,12H2,1H3,(H,21,22)(H2,20,23,24). The van der Waals surface area contributed by atoms with Gasteiger partial charge in [0.05, 0.1) is 12.9 Å². The fraction of sp³-hybridized carbons (Fsp3) is 0.278. The summed E-state index contributed by atoms with van der Waals surface area (Å²) in [5.41, 5.74) is 1.32. The Kier molecular flexibility index (Phi) is 7.46. The van der Waals surface area contributed by atoms with E-state index in [1.807, 2.05) is 12.1 Å². The van der Waals surface area contributed by atoms with E-state index in [4.69, 9.17) is 26.2 Å². The van der Waals surface area contributed by atoms with Crippen LogP contribution in [0.25, 0.3) is 0 Å². The number of amides is 1. The third kappa shape index (κ3) is 7.09. The summed E-state index contributed by atoms with van der Waals surface area (Å²) in [6, 6.07) is 12.1. The molecule has 27 heavy (non-hydrogen) atoms. The van der Waals surface area contributed by atoms with Crippen LogP contribution in [-0.2, 0) is 16.6 Å². The van der Waals surface area contributed by atoms with Crippen molar-refractivity contribution in [3.05, 3.63) is 58.6 Å². The first kappa shape index (κ1) is 21.0. The number of methoxy groups -OCH3 is 1. The number of carbonyl (C=O) groups excluding carboxylic acids is 1. The molecule has 0 saturated heterocycles. The van der Waals surface area contributed by atoms with E-state index in [9.17, 15) is 13.2 Å². The lowest BCUT2D eigenvalue weighted by atomic mass is 10.2. The lowest BCUT2D eigenvalue weighted by Gasteiger charge is -2.12. The van der Waals surface area contributed by atoms with Crippen LogP contribution in [0.3, 0.4) is 0 Å². The number of hydrogen-bond acceptors (Lipinski definition) is 5. The number of nitrogens with two attached hydrogens (primary N) is 1. The SMILES string of the molecule is COc1cc(C(=O)NCCCS(N)(=O)=O)ccc1OCc1ccc(Cl)cc1. The van der Waals surface area contributed by atoms with Crippen LogP contribution in [-0.4, -0.2) is 33.7 Å². The van der Waals surface area contributed by atoms with Crippen LogP contribution in [0.4, 0.5) is 0 Å². The molecule has 2 rings (SSSR count). The summed E-state index contributed by atoms with van der Waals surface area (Å²) < 4.78 is 32.8. The molecule has 1 amide bonds. The van der Waals surface area contributed by atoms with Crippen LogP contribution in [0.5, 0.6) is 11.5 Å². The minimum Gasteiger partial charge on any atom is -0.493 e. The molecule has 0 aliphatic carbocycles. The lowest BCUT2D eigenvalue weighted by molar-refractivity contribution is 0.0953. The van der Waals surface area contributed by atoms with Crippen molar-refractivity contribution in [1.82, 2.24) is 5.32 Å². The summed E-state index contributed by atoms with van der Waals surface area (Å²) in [7, 11) is -2.05. The van der Waals surface area contributed by atoms with Crippen molar-refractivity contribution in [2.75, 3.05) is 19.4 Å². The summed E-state index contributed by atoms with van der Waals surface area (Å²) >= 11 is 5.86. The molecule has 0 heterocycles. The molecule has 0 aliphatic heterocycles. The van der Waals surface area contributed by atoms with Crippen molar-refractivity contribution in [2.24, 2.45) is 5.14 Å². The van der Waals surface area contributed by atoms with Gasteiger partial charge in [0.15, 0.2) is 11.5 Å². The van der Waals surface area contributed by atoms with Crippen molar-refractivity contribution < 1.29 is 22.7 Å². The largest absolute Gasteiger partial charge is 0.493 e. The molecule has 0 unspecified atom stereocenters. The molecule has 2 aromatic carbocycles. The van der Waals surface area contributed by atoms with Gasteiger partial charge in [-0.2, -0.15) is 0 Å². The molecule has 0 bridgehead atoms. The Morgan fingerprint density at radius 1 is 1.15 bits per heavy atom. The van der Waals surface area contributed by atoms with Gasteiger partial charge in [-0.1, -0.05) is 23.7 Å². The molecular formula is C18H21ClN2O5S. The van der Waals surface area contributed by atoms with Crippen LogP contribution in [0.2, 0.25) is 5.02 Å². The van der Waals surface area contributed by atoms with Gasteiger partial charge >= 0.3 is 0 Å². The fourth-order valence-electron chi connectivity index (χ4n) is 2.25. The van der Waals surface area contributed by atoms with Crippen LogP contribution in [0, 0.1) is 0 Å². The van der Waals surface area contributed by atoms with E-state index in [-0.39, 0.29) is 24.6 Å². The Balaban J connectivity index is 1.95. The van der Waals surface area contributed by atoms with Gasteiger partial charge in [-0.25, -0.2) is 13.6 Å². The van der Waals surface area contributed by atoms with Gasteiger partial charge < -0.3 is 14.8 Å². The van der Waals surface area contributed by atoms with Gasteiger partial charge in [0.25, 0.3) is 5.91 Å². The summed E-state index contributed by atoms with van der Waals surface area (Å²) in [5.74, 6) is 0.389. The van der Waals surface area contributed by atoms with Gasteiger partial charge in [-0.05, 0) is 42.3 Å². The maximum Gasteiger partial charge on any atom is 0.251 e. The predicted octanol–water partition coefficient (Wildman–Crippen LogP) is 2.34. The molecule has 0 aromatic heterocycles.